The van der Waals surface area contributed by atoms with Crippen molar-refractivity contribution in [2.24, 2.45) is 0 Å². The van der Waals surface area contributed by atoms with Crippen molar-refractivity contribution >= 4 is 21.6 Å². The summed E-state index contributed by atoms with van der Waals surface area (Å²) in [7, 11) is -3.05. The van der Waals surface area contributed by atoms with Gasteiger partial charge in [0.15, 0.2) is 15.5 Å². The highest BCUT2D eigenvalue weighted by molar-refractivity contribution is 7.91. The first-order valence-corrected chi connectivity index (χ1v) is 10.3. The average Bonchev–Trinajstić information content (AvgIpc) is 3.01. The average molecular weight is 375 g/mol. The Hall–Kier alpha value is -2.55. The van der Waals surface area contributed by atoms with Crippen molar-refractivity contribution in [3.8, 4) is 0 Å². The zero-order chi connectivity index (χ0) is 18.6. The van der Waals surface area contributed by atoms with Crippen LogP contribution in [0.25, 0.3) is 0 Å². The van der Waals surface area contributed by atoms with Crippen LogP contribution in [0, 0.1) is 0 Å². The van der Waals surface area contributed by atoms with Crippen molar-refractivity contribution in [2.75, 3.05) is 23.4 Å². The van der Waals surface area contributed by atoms with E-state index in [4.69, 9.17) is 0 Å². The van der Waals surface area contributed by atoms with Gasteiger partial charge in [0.25, 0.3) is 5.91 Å². The van der Waals surface area contributed by atoms with E-state index in [-0.39, 0.29) is 29.1 Å². The van der Waals surface area contributed by atoms with E-state index in [1.54, 1.807) is 29.4 Å². The molecule has 0 radical (unpaired) electrons. The quantitative estimate of drug-likeness (QED) is 0.807. The second-order valence-electron chi connectivity index (χ2n) is 6.17. The minimum Gasteiger partial charge on any atom is -0.364 e. The number of pyridine rings is 1. The molecule has 1 aliphatic rings. The predicted molar refractivity (Wildman–Crippen MR) is 97.4 cm³/mol. The number of carbonyl (C=O) groups is 1. The summed E-state index contributed by atoms with van der Waals surface area (Å²) in [4.78, 5) is 18.3. The Morgan fingerprint density at radius 3 is 2.73 bits per heavy atom. The van der Waals surface area contributed by atoms with Crippen LogP contribution in [0.4, 0.5) is 5.82 Å². The molecule has 0 spiro atoms. The summed E-state index contributed by atoms with van der Waals surface area (Å²) in [6.45, 7) is 2.82. The number of anilines is 1. The van der Waals surface area contributed by atoms with Crippen LogP contribution < -0.4 is 5.32 Å². The second kappa shape index (κ2) is 7.77. The van der Waals surface area contributed by atoms with E-state index in [9.17, 15) is 13.2 Å². The van der Waals surface area contributed by atoms with E-state index < -0.39 is 9.84 Å². The van der Waals surface area contributed by atoms with Gasteiger partial charge in [-0.15, -0.1) is 10.2 Å². The maximum atomic E-state index is 12.7. The summed E-state index contributed by atoms with van der Waals surface area (Å²) in [5.41, 5.74) is 1.22. The molecule has 0 aromatic carbocycles. The molecule has 138 valence electrons. The van der Waals surface area contributed by atoms with Gasteiger partial charge >= 0.3 is 0 Å². The van der Waals surface area contributed by atoms with Crippen LogP contribution in [0.1, 0.15) is 29.4 Å². The fourth-order valence-electron chi connectivity index (χ4n) is 2.97. The highest BCUT2D eigenvalue weighted by atomic mass is 32.2. The topological polar surface area (TPSA) is 105 Å². The fourth-order valence-corrected chi connectivity index (χ4v) is 4.70. The van der Waals surface area contributed by atoms with Gasteiger partial charge in [0, 0.05) is 31.5 Å². The first kappa shape index (κ1) is 18.2. The summed E-state index contributed by atoms with van der Waals surface area (Å²) in [5.74, 6) is 0.410. The van der Waals surface area contributed by atoms with Gasteiger partial charge in [0.05, 0.1) is 11.5 Å². The van der Waals surface area contributed by atoms with Crippen molar-refractivity contribution in [1.82, 2.24) is 20.1 Å². The Morgan fingerprint density at radius 1 is 1.31 bits per heavy atom. The van der Waals surface area contributed by atoms with Crippen molar-refractivity contribution in [3.05, 3.63) is 47.9 Å². The predicted octanol–water partition coefficient (Wildman–Crippen LogP) is 1.13. The molecule has 9 heteroatoms. The Bertz CT molecular complexity index is 856. The molecule has 0 bridgehead atoms. The van der Waals surface area contributed by atoms with Gasteiger partial charge < -0.3 is 10.2 Å². The van der Waals surface area contributed by atoms with Crippen LogP contribution in [0.2, 0.25) is 0 Å². The first-order chi connectivity index (χ1) is 12.5. The van der Waals surface area contributed by atoms with E-state index in [1.807, 2.05) is 19.1 Å². The van der Waals surface area contributed by atoms with Gasteiger partial charge in [-0.3, -0.25) is 9.78 Å². The molecule has 3 rings (SSSR count). The zero-order valence-corrected chi connectivity index (χ0v) is 15.3. The smallest absolute Gasteiger partial charge is 0.274 e. The van der Waals surface area contributed by atoms with Gasteiger partial charge in [-0.2, -0.15) is 0 Å². The number of nitrogens with one attached hydrogen (secondary N) is 1. The van der Waals surface area contributed by atoms with Gasteiger partial charge in [-0.1, -0.05) is 6.07 Å². The molecular weight excluding hydrogens is 354 g/mol. The molecular formula is C17H21N5O3S. The third kappa shape index (κ3) is 4.34. The first-order valence-electron chi connectivity index (χ1n) is 8.46. The van der Waals surface area contributed by atoms with E-state index in [1.165, 1.54) is 0 Å². The van der Waals surface area contributed by atoms with Gasteiger partial charge in [0.2, 0.25) is 0 Å². The largest absolute Gasteiger partial charge is 0.364 e. The molecule has 1 amide bonds. The fraction of sp³-hybridized carbons (Fsp3) is 0.412. The lowest BCUT2D eigenvalue weighted by Crippen LogP contribution is -2.41. The zero-order valence-electron chi connectivity index (χ0n) is 14.5. The molecule has 8 nitrogen and oxygen atoms in total. The summed E-state index contributed by atoms with van der Waals surface area (Å²) in [5, 5.41) is 11.2. The van der Waals surface area contributed by atoms with Crippen LogP contribution in [0.3, 0.4) is 0 Å². The summed E-state index contributed by atoms with van der Waals surface area (Å²) < 4.78 is 23.4. The molecule has 1 fully saturated rings. The number of sulfone groups is 1. The normalized spacial score (nSPS) is 18.4. The molecule has 1 atom stereocenters. The standard InChI is InChI=1S/C17H21N5O3S/c1-2-22(14-7-9-26(24,25)12-14)17(23)15-5-6-16(21-20-15)19-11-13-4-3-8-18-10-13/h3-6,8,10,14H,2,7,9,11-12H2,1H3,(H,19,21). The number of aromatic nitrogens is 3. The molecule has 1 unspecified atom stereocenters. The third-order valence-electron chi connectivity index (χ3n) is 4.33. The van der Waals surface area contributed by atoms with Crippen molar-refractivity contribution in [3.63, 3.8) is 0 Å². The Labute approximate surface area is 152 Å². The van der Waals surface area contributed by atoms with E-state index >= 15 is 0 Å². The molecule has 1 saturated heterocycles. The van der Waals surface area contributed by atoms with Crippen LogP contribution in [-0.4, -0.2) is 58.5 Å². The van der Waals surface area contributed by atoms with E-state index in [0.717, 1.165) is 5.56 Å². The molecule has 0 aliphatic carbocycles. The molecule has 26 heavy (non-hydrogen) atoms. The second-order valence-corrected chi connectivity index (χ2v) is 8.40. The molecule has 1 N–H and O–H groups in total. The van der Waals surface area contributed by atoms with Gasteiger partial charge in [-0.05, 0) is 37.1 Å². The van der Waals surface area contributed by atoms with Crippen molar-refractivity contribution in [2.45, 2.75) is 25.9 Å². The lowest BCUT2D eigenvalue weighted by molar-refractivity contribution is 0.0701. The van der Waals surface area contributed by atoms with E-state index in [2.05, 4.69) is 20.5 Å². The number of hydrogen-bond donors (Lipinski definition) is 1. The highest BCUT2D eigenvalue weighted by Gasteiger charge is 2.34. The molecule has 2 aromatic heterocycles. The SMILES string of the molecule is CCN(C(=O)c1ccc(NCc2cccnc2)nn1)C1CCS(=O)(=O)C1. The van der Waals surface area contributed by atoms with Crippen molar-refractivity contribution < 1.29 is 13.2 Å². The highest BCUT2D eigenvalue weighted by Crippen LogP contribution is 2.19. The Balaban J connectivity index is 1.64. The van der Waals surface area contributed by atoms with Crippen LogP contribution >= 0.6 is 0 Å². The van der Waals surface area contributed by atoms with Crippen LogP contribution in [0.5, 0.6) is 0 Å². The van der Waals surface area contributed by atoms with Crippen molar-refractivity contribution in [1.29, 1.82) is 0 Å². The number of carbonyl (C=O) groups excluding carboxylic acids is 1. The van der Waals surface area contributed by atoms with Crippen LogP contribution in [-0.2, 0) is 16.4 Å². The maximum Gasteiger partial charge on any atom is 0.274 e. The monoisotopic (exact) mass is 375 g/mol. The number of hydrogen-bond acceptors (Lipinski definition) is 7. The number of nitrogens with zero attached hydrogens (tertiary/aromatic N) is 4. The summed E-state index contributed by atoms with van der Waals surface area (Å²) >= 11 is 0. The lowest BCUT2D eigenvalue weighted by Gasteiger charge is -2.26. The Kier molecular flexibility index (Phi) is 5.46. The lowest BCUT2D eigenvalue weighted by atomic mass is 10.2. The van der Waals surface area contributed by atoms with Gasteiger partial charge in [-0.25, -0.2) is 8.42 Å². The maximum absolute atomic E-state index is 12.7. The molecule has 0 saturated carbocycles. The number of rotatable bonds is 6. The third-order valence-corrected chi connectivity index (χ3v) is 6.08. The van der Waals surface area contributed by atoms with Gasteiger partial charge in [0.1, 0.15) is 5.82 Å². The summed E-state index contributed by atoms with van der Waals surface area (Å²) in [6, 6.07) is 6.80. The molecule has 3 heterocycles. The van der Waals surface area contributed by atoms with Crippen LogP contribution in [0.15, 0.2) is 36.7 Å². The minimum absolute atomic E-state index is 0.0186. The molecule has 2 aromatic rings. The summed E-state index contributed by atoms with van der Waals surface area (Å²) in [6.07, 6.45) is 3.94. The van der Waals surface area contributed by atoms with E-state index in [0.29, 0.717) is 25.3 Å². The Morgan fingerprint density at radius 2 is 2.15 bits per heavy atom. The minimum atomic E-state index is -3.05. The molecule has 1 aliphatic heterocycles. The number of amides is 1.